The molecular formula is C15H14N4O2. The van der Waals surface area contributed by atoms with Gasteiger partial charge in [0.25, 0.3) is 0 Å². The molecule has 0 saturated carbocycles. The van der Waals surface area contributed by atoms with Gasteiger partial charge in [-0.05, 0) is 30.3 Å². The minimum Gasteiger partial charge on any atom is -0.464 e. The number of para-hydroxylation sites is 1. The first-order chi connectivity index (χ1) is 10.1. The number of hydrogen-bond donors (Lipinski definition) is 2. The van der Waals surface area contributed by atoms with Crippen molar-refractivity contribution in [3.05, 3.63) is 48.5 Å². The zero-order valence-corrected chi connectivity index (χ0v) is 11.4. The highest BCUT2D eigenvalue weighted by Gasteiger charge is 2.22. The number of aryl methyl sites for hydroxylation is 1. The molecule has 0 radical (unpaired) electrons. The highest BCUT2D eigenvalue weighted by molar-refractivity contribution is 5.95. The summed E-state index contributed by atoms with van der Waals surface area (Å²) in [7, 11) is 1.78. The first-order valence-electron chi connectivity index (χ1n) is 6.38. The van der Waals surface area contributed by atoms with Crippen molar-refractivity contribution in [3.8, 4) is 0 Å². The molecule has 6 heteroatoms. The number of rotatable bonds is 2. The van der Waals surface area contributed by atoms with Crippen molar-refractivity contribution in [2.24, 2.45) is 7.05 Å². The lowest BCUT2D eigenvalue weighted by Crippen LogP contribution is -2.26. The van der Waals surface area contributed by atoms with Crippen LogP contribution in [0.25, 0.3) is 11.0 Å². The molecule has 0 unspecified atom stereocenters. The summed E-state index contributed by atoms with van der Waals surface area (Å²) < 4.78 is 1.73. The van der Waals surface area contributed by atoms with E-state index >= 15 is 0 Å². The standard InChI is InChI=1S/C15H14N4O2/c1-18-13-8-7-10(16)9-12(13)17-14(18)19(15(20)21)11-5-3-2-4-6-11/h2-9H,16H2,1H3,(H,20,21). The van der Waals surface area contributed by atoms with Gasteiger partial charge < -0.3 is 15.4 Å². The van der Waals surface area contributed by atoms with Gasteiger partial charge in [-0.1, -0.05) is 18.2 Å². The minimum atomic E-state index is -1.09. The number of imidazole rings is 1. The zero-order chi connectivity index (χ0) is 15.0. The van der Waals surface area contributed by atoms with Crippen molar-refractivity contribution in [1.29, 1.82) is 0 Å². The molecule has 3 N–H and O–H groups in total. The SMILES string of the molecule is Cn1c(N(C(=O)O)c2ccccc2)nc2cc(N)ccc21. The lowest BCUT2D eigenvalue weighted by molar-refractivity contribution is 0.204. The molecule has 106 valence electrons. The number of carboxylic acid groups (broad SMARTS) is 1. The number of aromatic nitrogens is 2. The number of benzene rings is 2. The van der Waals surface area contributed by atoms with Crippen molar-refractivity contribution < 1.29 is 9.90 Å². The molecule has 1 amide bonds. The fourth-order valence-electron chi connectivity index (χ4n) is 2.29. The van der Waals surface area contributed by atoms with Crippen LogP contribution in [0, 0.1) is 0 Å². The van der Waals surface area contributed by atoms with Crippen LogP contribution < -0.4 is 10.6 Å². The van der Waals surface area contributed by atoms with E-state index in [1.807, 2.05) is 12.1 Å². The molecule has 0 saturated heterocycles. The van der Waals surface area contributed by atoms with Gasteiger partial charge in [-0.15, -0.1) is 0 Å². The third kappa shape index (κ3) is 2.16. The molecule has 3 aromatic rings. The average Bonchev–Trinajstić information content (AvgIpc) is 2.76. The molecule has 0 atom stereocenters. The van der Waals surface area contributed by atoms with Crippen LogP contribution in [0.3, 0.4) is 0 Å². The Morgan fingerprint density at radius 2 is 1.95 bits per heavy atom. The van der Waals surface area contributed by atoms with E-state index in [0.29, 0.717) is 22.8 Å². The molecular weight excluding hydrogens is 268 g/mol. The number of amides is 1. The van der Waals surface area contributed by atoms with Crippen molar-refractivity contribution in [2.45, 2.75) is 0 Å². The Balaban J connectivity index is 2.21. The van der Waals surface area contributed by atoms with Crippen molar-refractivity contribution in [1.82, 2.24) is 9.55 Å². The topological polar surface area (TPSA) is 84.4 Å². The second-order valence-corrected chi connectivity index (χ2v) is 4.67. The molecule has 0 spiro atoms. The maximum Gasteiger partial charge on any atom is 0.418 e. The zero-order valence-electron chi connectivity index (χ0n) is 11.4. The van der Waals surface area contributed by atoms with Crippen molar-refractivity contribution in [2.75, 3.05) is 10.6 Å². The maximum atomic E-state index is 11.6. The van der Waals surface area contributed by atoms with E-state index in [0.717, 1.165) is 10.4 Å². The minimum absolute atomic E-state index is 0.328. The van der Waals surface area contributed by atoms with Crippen LogP contribution in [0.5, 0.6) is 0 Å². The Morgan fingerprint density at radius 3 is 2.62 bits per heavy atom. The molecule has 0 aliphatic heterocycles. The van der Waals surface area contributed by atoms with Gasteiger partial charge in [0, 0.05) is 12.7 Å². The molecule has 2 aromatic carbocycles. The third-order valence-corrected chi connectivity index (χ3v) is 3.29. The maximum absolute atomic E-state index is 11.6. The number of nitrogens with zero attached hydrogens (tertiary/aromatic N) is 3. The van der Waals surface area contributed by atoms with E-state index in [-0.39, 0.29) is 0 Å². The van der Waals surface area contributed by atoms with Crippen LogP contribution in [0.2, 0.25) is 0 Å². The molecule has 0 aliphatic rings. The lowest BCUT2D eigenvalue weighted by atomic mass is 10.3. The Bertz CT molecular complexity index is 811. The Labute approximate surface area is 121 Å². The molecule has 6 nitrogen and oxygen atoms in total. The number of hydrogen-bond acceptors (Lipinski definition) is 3. The molecule has 0 bridgehead atoms. The van der Waals surface area contributed by atoms with Crippen LogP contribution >= 0.6 is 0 Å². The summed E-state index contributed by atoms with van der Waals surface area (Å²) in [4.78, 5) is 17.2. The fraction of sp³-hybridized carbons (Fsp3) is 0.0667. The average molecular weight is 282 g/mol. The molecule has 21 heavy (non-hydrogen) atoms. The van der Waals surface area contributed by atoms with Gasteiger partial charge in [-0.3, -0.25) is 0 Å². The number of nitrogens with two attached hydrogens (primary N) is 1. The fourth-order valence-corrected chi connectivity index (χ4v) is 2.29. The molecule has 3 rings (SSSR count). The first-order valence-corrected chi connectivity index (χ1v) is 6.38. The van der Waals surface area contributed by atoms with E-state index in [1.165, 1.54) is 0 Å². The molecule has 0 fully saturated rings. The van der Waals surface area contributed by atoms with E-state index in [1.54, 1.807) is 48.0 Å². The van der Waals surface area contributed by atoms with Gasteiger partial charge in [0.05, 0.1) is 16.7 Å². The van der Waals surface area contributed by atoms with E-state index in [9.17, 15) is 9.90 Å². The van der Waals surface area contributed by atoms with Crippen LogP contribution in [-0.4, -0.2) is 20.8 Å². The highest BCUT2D eigenvalue weighted by Crippen LogP contribution is 2.28. The summed E-state index contributed by atoms with van der Waals surface area (Å²) >= 11 is 0. The van der Waals surface area contributed by atoms with Crippen LogP contribution in [0.15, 0.2) is 48.5 Å². The summed E-state index contributed by atoms with van der Waals surface area (Å²) in [5.41, 5.74) is 8.36. The number of fused-ring (bicyclic) bond motifs is 1. The van der Waals surface area contributed by atoms with Crippen LogP contribution in [0.1, 0.15) is 0 Å². The van der Waals surface area contributed by atoms with Gasteiger partial charge in [0.2, 0.25) is 5.95 Å². The lowest BCUT2D eigenvalue weighted by Gasteiger charge is -2.18. The second kappa shape index (κ2) is 4.82. The monoisotopic (exact) mass is 282 g/mol. The van der Waals surface area contributed by atoms with Gasteiger partial charge in [0.1, 0.15) is 0 Å². The van der Waals surface area contributed by atoms with E-state index < -0.39 is 6.09 Å². The number of carbonyl (C=O) groups is 1. The third-order valence-electron chi connectivity index (χ3n) is 3.29. The highest BCUT2D eigenvalue weighted by atomic mass is 16.4. The first kappa shape index (κ1) is 13.0. The predicted molar refractivity (Wildman–Crippen MR) is 81.7 cm³/mol. The number of anilines is 3. The summed E-state index contributed by atoms with van der Waals surface area (Å²) in [6, 6.07) is 14.2. The molecule has 1 aromatic heterocycles. The summed E-state index contributed by atoms with van der Waals surface area (Å²) in [6.07, 6.45) is -1.09. The van der Waals surface area contributed by atoms with Gasteiger partial charge in [-0.2, -0.15) is 0 Å². The number of nitrogen functional groups attached to an aromatic ring is 1. The van der Waals surface area contributed by atoms with Crippen LogP contribution in [-0.2, 0) is 7.05 Å². The quantitative estimate of drug-likeness (QED) is 0.708. The summed E-state index contributed by atoms with van der Waals surface area (Å²) in [6.45, 7) is 0. The van der Waals surface area contributed by atoms with Gasteiger partial charge in [-0.25, -0.2) is 14.7 Å². The summed E-state index contributed by atoms with van der Waals surface area (Å²) in [5, 5.41) is 9.53. The normalized spacial score (nSPS) is 10.7. The summed E-state index contributed by atoms with van der Waals surface area (Å²) in [5.74, 6) is 0.328. The van der Waals surface area contributed by atoms with Gasteiger partial charge >= 0.3 is 6.09 Å². The van der Waals surface area contributed by atoms with Crippen molar-refractivity contribution >= 4 is 34.4 Å². The second-order valence-electron chi connectivity index (χ2n) is 4.67. The Morgan fingerprint density at radius 1 is 1.24 bits per heavy atom. The van der Waals surface area contributed by atoms with Gasteiger partial charge in [0.15, 0.2) is 0 Å². The Hall–Kier alpha value is -3.02. The Kier molecular flexibility index (Phi) is 2.98. The van der Waals surface area contributed by atoms with E-state index in [4.69, 9.17) is 5.73 Å². The molecule has 0 aliphatic carbocycles. The smallest absolute Gasteiger partial charge is 0.418 e. The largest absolute Gasteiger partial charge is 0.464 e. The van der Waals surface area contributed by atoms with Crippen LogP contribution in [0.4, 0.5) is 22.1 Å². The molecule has 1 heterocycles. The van der Waals surface area contributed by atoms with E-state index in [2.05, 4.69) is 4.98 Å². The predicted octanol–water partition coefficient (Wildman–Crippen LogP) is 2.97. The van der Waals surface area contributed by atoms with Crippen molar-refractivity contribution in [3.63, 3.8) is 0 Å².